The maximum Gasteiger partial charge on any atom is 0.339 e. The van der Waals surface area contributed by atoms with Gasteiger partial charge in [0.25, 0.3) is 0 Å². The van der Waals surface area contributed by atoms with Gasteiger partial charge in [-0.1, -0.05) is 33.6 Å². The van der Waals surface area contributed by atoms with Gasteiger partial charge < -0.3 is 4.74 Å². The third-order valence-corrected chi connectivity index (χ3v) is 3.55. The fourth-order valence-electron chi connectivity index (χ4n) is 1.20. The van der Waals surface area contributed by atoms with Gasteiger partial charge in [0.05, 0.1) is 22.5 Å². The van der Waals surface area contributed by atoms with E-state index < -0.39 is 10.8 Å². The average Bonchev–Trinajstić information content (AvgIpc) is 2.27. The molecule has 1 atom stereocenters. The van der Waals surface area contributed by atoms with E-state index in [-0.39, 0.29) is 11.3 Å². The quantitative estimate of drug-likeness (QED) is 0.636. The summed E-state index contributed by atoms with van der Waals surface area (Å²) in [4.78, 5) is 22.1. The number of ketones is 1. The van der Waals surface area contributed by atoms with Gasteiger partial charge >= 0.3 is 5.97 Å². The van der Waals surface area contributed by atoms with E-state index >= 15 is 0 Å². The van der Waals surface area contributed by atoms with Crippen molar-refractivity contribution in [3.63, 3.8) is 0 Å². The highest BCUT2D eigenvalue weighted by molar-refractivity contribution is 9.09. The minimum Gasteiger partial charge on any atom is -0.465 e. The summed E-state index contributed by atoms with van der Waals surface area (Å²) in [7, 11) is 1.28. The molecule has 0 spiro atoms. The minimum atomic E-state index is -0.518. The smallest absolute Gasteiger partial charge is 0.339 e. The predicted molar refractivity (Wildman–Crippen MR) is 65.1 cm³/mol. The number of hydrogen-bond donors (Lipinski definition) is 0. The lowest BCUT2D eigenvalue weighted by molar-refractivity contribution is -0.116. The Balaban J connectivity index is 3.17. The molecule has 3 nitrogen and oxygen atoms in total. The minimum absolute atomic E-state index is 0.0434. The Kier molecular flexibility index (Phi) is 4.50. The first-order valence-electron chi connectivity index (χ1n) is 4.49. The predicted octanol–water partition coefficient (Wildman–Crippen LogP) is 3.15. The zero-order valence-corrected chi connectivity index (χ0v) is 11.1. The summed E-state index contributed by atoms with van der Waals surface area (Å²) in [6, 6.07) is 4.81. The Morgan fingerprint density at radius 3 is 2.56 bits per heavy atom. The van der Waals surface area contributed by atoms with Crippen molar-refractivity contribution >= 4 is 39.3 Å². The number of carbonyl (C=O) groups excluding carboxylic acids is 2. The fraction of sp³-hybridized carbons (Fsp3) is 0.273. The number of ether oxygens (including phenoxy) is 1. The second kappa shape index (κ2) is 5.46. The molecule has 1 unspecified atom stereocenters. The summed E-state index contributed by atoms with van der Waals surface area (Å²) >= 11 is 9.09. The topological polar surface area (TPSA) is 43.4 Å². The van der Waals surface area contributed by atoms with Crippen molar-refractivity contribution in [2.75, 3.05) is 7.11 Å². The van der Waals surface area contributed by atoms with Crippen LogP contribution in [0.5, 0.6) is 0 Å². The molecule has 1 aromatic carbocycles. The molecule has 16 heavy (non-hydrogen) atoms. The Morgan fingerprint density at radius 1 is 1.44 bits per heavy atom. The first kappa shape index (κ1) is 13.2. The van der Waals surface area contributed by atoms with E-state index in [1.165, 1.54) is 14.0 Å². The standard InChI is InChI=1S/C11H10BrClO3/c1-6(14)10(12)7-3-4-9(13)8(5-7)11(15)16-2/h3-5,10H,1-2H3. The third-order valence-electron chi connectivity index (χ3n) is 2.05. The fourth-order valence-corrected chi connectivity index (χ4v) is 1.68. The van der Waals surface area contributed by atoms with Crippen LogP contribution in [0.15, 0.2) is 18.2 Å². The summed E-state index contributed by atoms with van der Waals surface area (Å²) in [6.45, 7) is 1.46. The Hall–Kier alpha value is -0.870. The highest BCUT2D eigenvalue weighted by Gasteiger charge is 2.17. The number of esters is 1. The summed E-state index contributed by atoms with van der Waals surface area (Å²) < 4.78 is 4.59. The number of benzene rings is 1. The molecular weight excluding hydrogens is 295 g/mol. The molecule has 0 bridgehead atoms. The highest BCUT2D eigenvalue weighted by Crippen LogP contribution is 2.27. The Morgan fingerprint density at radius 2 is 2.06 bits per heavy atom. The maximum atomic E-state index is 11.4. The van der Waals surface area contributed by atoms with Crippen LogP contribution in [0.2, 0.25) is 5.02 Å². The highest BCUT2D eigenvalue weighted by atomic mass is 79.9. The van der Waals surface area contributed by atoms with Gasteiger partial charge in [0.1, 0.15) is 5.78 Å². The lowest BCUT2D eigenvalue weighted by Gasteiger charge is -2.09. The molecule has 0 radical (unpaired) electrons. The van der Waals surface area contributed by atoms with Crippen molar-refractivity contribution < 1.29 is 14.3 Å². The number of Topliss-reactive ketones (excluding diaryl/α,β-unsaturated/α-hetero) is 1. The molecule has 0 amide bonds. The molecule has 1 rings (SSSR count). The first-order valence-corrected chi connectivity index (χ1v) is 5.79. The molecular formula is C11H10BrClO3. The van der Waals surface area contributed by atoms with Gasteiger partial charge in [-0.25, -0.2) is 4.79 Å². The summed E-state index contributed by atoms with van der Waals surface area (Å²) in [6.07, 6.45) is 0. The summed E-state index contributed by atoms with van der Waals surface area (Å²) in [5.74, 6) is -0.562. The summed E-state index contributed by atoms with van der Waals surface area (Å²) in [5, 5.41) is 0.304. The molecule has 5 heteroatoms. The lowest BCUT2D eigenvalue weighted by atomic mass is 10.1. The molecule has 0 heterocycles. The number of carbonyl (C=O) groups is 2. The normalized spacial score (nSPS) is 12.0. The van der Waals surface area contributed by atoms with Gasteiger partial charge in [-0.05, 0) is 24.6 Å². The van der Waals surface area contributed by atoms with Crippen LogP contribution < -0.4 is 0 Å². The lowest BCUT2D eigenvalue weighted by Crippen LogP contribution is -2.06. The van der Waals surface area contributed by atoms with Crippen LogP contribution in [-0.2, 0) is 9.53 Å². The second-order valence-corrected chi connectivity index (χ2v) is 4.53. The van der Waals surface area contributed by atoms with Gasteiger partial charge in [-0.3, -0.25) is 4.79 Å². The van der Waals surface area contributed by atoms with E-state index in [9.17, 15) is 9.59 Å². The first-order chi connectivity index (χ1) is 7.47. The zero-order valence-electron chi connectivity index (χ0n) is 8.79. The maximum absolute atomic E-state index is 11.4. The van der Waals surface area contributed by atoms with Gasteiger partial charge in [0.2, 0.25) is 0 Å². The molecule has 86 valence electrons. The van der Waals surface area contributed by atoms with E-state index in [2.05, 4.69) is 20.7 Å². The van der Waals surface area contributed by atoms with Crippen molar-refractivity contribution in [2.24, 2.45) is 0 Å². The van der Waals surface area contributed by atoms with Crippen LogP contribution >= 0.6 is 27.5 Å². The van der Waals surface area contributed by atoms with Crippen molar-refractivity contribution in [1.29, 1.82) is 0 Å². The average molecular weight is 306 g/mol. The zero-order chi connectivity index (χ0) is 12.3. The van der Waals surface area contributed by atoms with E-state index in [1.807, 2.05) is 0 Å². The van der Waals surface area contributed by atoms with Gasteiger partial charge in [0.15, 0.2) is 0 Å². The molecule has 0 fully saturated rings. The number of methoxy groups -OCH3 is 1. The van der Waals surface area contributed by atoms with Gasteiger partial charge in [-0.15, -0.1) is 0 Å². The number of hydrogen-bond acceptors (Lipinski definition) is 3. The molecule has 0 aliphatic rings. The van der Waals surface area contributed by atoms with Crippen LogP contribution in [-0.4, -0.2) is 18.9 Å². The van der Waals surface area contributed by atoms with Crippen LogP contribution in [0.25, 0.3) is 0 Å². The summed E-state index contributed by atoms with van der Waals surface area (Å²) in [5.41, 5.74) is 0.935. The molecule has 0 N–H and O–H groups in total. The third kappa shape index (κ3) is 2.83. The van der Waals surface area contributed by atoms with Crippen molar-refractivity contribution in [3.05, 3.63) is 34.3 Å². The number of rotatable bonds is 3. The number of halogens is 2. The Labute approximate surface area is 107 Å². The van der Waals surface area contributed by atoms with Crippen molar-refractivity contribution in [3.8, 4) is 0 Å². The van der Waals surface area contributed by atoms with E-state index in [1.54, 1.807) is 18.2 Å². The van der Waals surface area contributed by atoms with E-state index in [4.69, 9.17) is 11.6 Å². The number of alkyl halides is 1. The molecule has 0 aromatic heterocycles. The largest absolute Gasteiger partial charge is 0.465 e. The van der Waals surface area contributed by atoms with E-state index in [0.717, 1.165) is 0 Å². The van der Waals surface area contributed by atoms with Gasteiger partial charge in [0, 0.05) is 0 Å². The molecule has 1 aromatic rings. The van der Waals surface area contributed by atoms with Crippen LogP contribution in [0, 0.1) is 0 Å². The van der Waals surface area contributed by atoms with Crippen molar-refractivity contribution in [1.82, 2.24) is 0 Å². The van der Waals surface area contributed by atoms with Crippen LogP contribution in [0.1, 0.15) is 27.7 Å². The van der Waals surface area contributed by atoms with Gasteiger partial charge in [-0.2, -0.15) is 0 Å². The molecule has 0 saturated carbocycles. The SMILES string of the molecule is COC(=O)c1cc(C(Br)C(C)=O)ccc1Cl. The van der Waals surface area contributed by atoms with E-state index in [0.29, 0.717) is 10.6 Å². The Bertz CT molecular complexity index is 431. The molecule has 0 aliphatic heterocycles. The molecule has 0 aliphatic carbocycles. The van der Waals surface area contributed by atoms with Crippen molar-refractivity contribution in [2.45, 2.75) is 11.8 Å². The van der Waals surface area contributed by atoms with Crippen LogP contribution in [0.4, 0.5) is 0 Å². The van der Waals surface area contributed by atoms with Crippen LogP contribution in [0.3, 0.4) is 0 Å². The monoisotopic (exact) mass is 304 g/mol. The second-order valence-electron chi connectivity index (χ2n) is 3.20. The molecule has 0 saturated heterocycles.